The molecule has 0 radical (unpaired) electrons. The van der Waals surface area contributed by atoms with Crippen molar-refractivity contribution in [2.75, 3.05) is 46.4 Å². The van der Waals surface area contributed by atoms with E-state index in [2.05, 4.69) is 15.5 Å². The molecule has 30 heavy (non-hydrogen) atoms. The molecule has 1 fully saturated rings. The molecule has 162 valence electrons. The third-order valence-corrected chi connectivity index (χ3v) is 5.28. The lowest BCUT2D eigenvalue weighted by atomic mass is 9.94. The van der Waals surface area contributed by atoms with Crippen molar-refractivity contribution in [1.82, 2.24) is 20.4 Å². The fourth-order valence-electron chi connectivity index (χ4n) is 3.71. The van der Waals surface area contributed by atoms with Crippen LogP contribution in [0.4, 0.5) is 4.79 Å². The van der Waals surface area contributed by atoms with Crippen LogP contribution in [-0.4, -0.2) is 74.1 Å². The van der Waals surface area contributed by atoms with E-state index < -0.39 is 12.0 Å². The van der Waals surface area contributed by atoms with Gasteiger partial charge in [0.05, 0.1) is 25.3 Å². The van der Waals surface area contributed by atoms with Crippen molar-refractivity contribution in [2.24, 2.45) is 0 Å². The van der Waals surface area contributed by atoms with E-state index in [9.17, 15) is 14.4 Å². The number of hydrogen-bond donors (Lipinski definition) is 2. The maximum atomic E-state index is 12.9. The van der Waals surface area contributed by atoms with Gasteiger partial charge in [-0.2, -0.15) is 0 Å². The van der Waals surface area contributed by atoms with Crippen molar-refractivity contribution < 1.29 is 23.9 Å². The second-order valence-corrected chi connectivity index (χ2v) is 7.20. The Bertz CT molecular complexity index is 846. The van der Waals surface area contributed by atoms with Gasteiger partial charge in [0.15, 0.2) is 0 Å². The number of methoxy groups -OCH3 is 1. The zero-order valence-corrected chi connectivity index (χ0v) is 17.6. The number of carbonyl (C=O) groups is 3. The number of nitrogens with zero attached hydrogens (tertiary/aromatic N) is 2. The molecule has 0 saturated carbocycles. The first kappa shape index (κ1) is 21.6. The molecule has 1 aromatic carbocycles. The minimum atomic E-state index is -0.651. The van der Waals surface area contributed by atoms with Gasteiger partial charge in [0.2, 0.25) is 5.91 Å². The van der Waals surface area contributed by atoms with E-state index in [-0.39, 0.29) is 18.5 Å². The van der Waals surface area contributed by atoms with Crippen molar-refractivity contribution in [3.8, 4) is 5.75 Å². The number of piperazine rings is 1. The summed E-state index contributed by atoms with van der Waals surface area (Å²) in [5.41, 5.74) is 1.62. The SMILES string of the molecule is CCOC(=O)C1=C(CN2CCN(C(C)=O)CC2)NC(=O)NC1c1cccc(OC)c1. The molecule has 1 saturated heterocycles. The Labute approximate surface area is 176 Å². The van der Waals surface area contributed by atoms with Gasteiger partial charge in [-0.05, 0) is 24.6 Å². The van der Waals surface area contributed by atoms with E-state index in [0.717, 1.165) is 5.56 Å². The number of esters is 1. The fourth-order valence-corrected chi connectivity index (χ4v) is 3.71. The van der Waals surface area contributed by atoms with Crippen LogP contribution < -0.4 is 15.4 Å². The molecule has 2 heterocycles. The van der Waals surface area contributed by atoms with E-state index in [0.29, 0.717) is 49.7 Å². The number of rotatable bonds is 6. The van der Waals surface area contributed by atoms with Crippen LogP contribution in [0.1, 0.15) is 25.5 Å². The second-order valence-electron chi connectivity index (χ2n) is 7.20. The molecule has 0 bridgehead atoms. The Hall–Kier alpha value is -3.07. The minimum absolute atomic E-state index is 0.0503. The van der Waals surface area contributed by atoms with Crippen molar-refractivity contribution in [3.05, 3.63) is 41.1 Å². The number of hydrogen-bond acceptors (Lipinski definition) is 6. The van der Waals surface area contributed by atoms with Crippen LogP contribution in [0.2, 0.25) is 0 Å². The highest BCUT2D eigenvalue weighted by atomic mass is 16.5. The molecule has 9 heteroatoms. The standard InChI is InChI=1S/C21H28N4O5/c1-4-30-20(27)18-17(13-24-8-10-25(11-9-24)14(2)26)22-21(28)23-19(18)15-6-5-7-16(12-15)29-3/h5-7,12,19H,4,8-11,13H2,1-3H3,(H2,22,23,28). The van der Waals surface area contributed by atoms with Crippen LogP contribution in [-0.2, 0) is 14.3 Å². The van der Waals surface area contributed by atoms with Crippen LogP contribution in [0, 0.1) is 0 Å². The van der Waals surface area contributed by atoms with Crippen molar-refractivity contribution in [1.29, 1.82) is 0 Å². The molecule has 1 atom stereocenters. The summed E-state index contributed by atoms with van der Waals surface area (Å²) in [6, 6.07) is 6.20. The molecule has 1 aromatic rings. The quantitative estimate of drug-likeness (QED) is 0.672. The van der Waals surface area contributed by atoms with E-state index in [4.69, 9.17) is 9.47 Å². The Balaban J connectivity index is 1.91. The predicted molar refractivity (Wildman–Crippen MR) is 110 cm³/mol. The lowest BCUT2D eigenvalue weighted by molar-refractivity contribution is -0.139. The number of amides is 3. The lowest BCUT2D eigenvalue weighted by Gasteiger charge is -2.36. The predicted octanol–water partition coefficient (Wildman–Crippen LogP) is 1.03. The number of carbonyl (C=O) groups excluding carboxylic acids is 3. The molecule has 0 aromatic heterocycles. The van der Waals surface area contributed by atoms with Crippen molar-refractivity contribution in [2.45, 2.75) is 19.9 Å². The number of nitrogens with one attached hydrogen (secondary N) is 2. The molecule has 0 spiro atoms. The molecule has 0 aliphatic carbocycles. The first-order valence-electron chi connectivity index (χ1n) is 10.0. The Morgan fingerprint density at radius 2 is 1.93 bits per heavy atom. The van der Waals surface area contributed by atoms with Crippen LogP contribution in [0.25, 0.3) is 0 Å². The van der Waals surface area contributed by atoms with Crippen LogP contribution in [0.3, 0.4) is 0 Å². The molecule has 1 unspecified atom stereocenters. The fraction of sp³-hybridized carbons (Fsp3) is 0.476. The molecular weight excluding hydrogens is 388 g/mol. The molecule has 3 amide bonds. The lowest BCUT2D eigenvalue weighted by Crippen LogP contribution is -2.52. The van der Waals surface area contributed by atoms with E-state index in [1.165, 1.54) is 0 Å². The number of benzene rings is 1. The molecule has 2 aliphatic rings. The van der Waals surface area contributed by atoms with E-state index in [1.54, 1.807) is 38.0 Å². The Morgan fingerprint density at radius 3 is 2.57 bits per heavy atom. The minimum Gasteiger partial charge on any atom is -0.497 e. The zero-order chi connectivity index (χ0) is 21.7. The largest absolute Gasteiger partial charge is 0.497 e. The first-order chi connectivity index (χ1) is 14.4. The normalized spacial score (nSPS) is 19.8. The van der Waals surface area contributed by atoms with Gasteiger partial charge in [-0.15, -0.1) is 0 Å². The van der Waals surface area contributed by atoms with Crippen molar-refractivity contribution in [3.63, 3.8) is 0 Å². The van der Waals surface area contributed by atoms with Gasteiger partial charge in [-0.25, -0.2) is 9.59 Å². The summed E-state index contributed by atoms with van der Waals surface area (Å²) >= 11 is 0. The van der Waals surface area contributed by atoms with Gasteiger partial charge in [0, 0.05) is 45.3 Å². The smallest absolute Gasteiger partial charge is 0.338 e. The first-order valence-corrected chi connectivity index (χ1v) is 10.0. The average molecular weight is 416 g/mol. The van der Waals surface area contributed by atoms with E-state index >= 15 is 0 Å². The Morgan fingerprint density at radius 1 is 1.20 bits per heavy atom. The monoisotopic (exact) mass is 416 g/mol. The maximum absolute atomic E-state index is 12.9. The van der Waals surface area contributed by atoms with E-state index in [1.807, 2.05) is 12.1 Å². The van der Waals surface area contributed by atoms with Gasteiger partial charge < -0.3 is 25.0 Å². The summed E-state index contributed by atoms with van der Waals surface area (Å²) in [6.45, 7) is 6.46. The Kier molecular flexibility index (Phi) is 6.94. The number of urea groups is 1. The summed E-state index contributed by atoms with van der Waals surface area (Å²) in [4.78, 5) is 40.7. The maximum Gasteiger partial charge on any atom is 0.338 e. The summed E-state index contributed by atoms with van der Waals surface area (Å²) in [6.07, 6.45) is 0. The topological polar surface area (TPSA) is 100 Å². The number of ether oxygens (including phenoxy) is 2. The highest BCUT2D eigenvalue weighted by Crippen LogP contribution is 2.30. The molecule has 2 N–H and O–H groups in total. The highest BCUT2D eigenvalue weighted by Gasteiger charge is 2.35. The second kappa shape index (κ2) is 9.62. The molecular formula is C21H28N4O5. The van der Waals surface area contributed by atoms with Gasteiger partial charge in [-0.1, -0.05) is 12.1 Å². The zero-order valence-electron chi connectivity index (χ0n) is 17.6. The highest BCUT2D eigenvalue weighted by molar-refractivity contribution is 5.95. The molecule has 9 nitrogen and oxygen atoms in total. The van der Waals surface area contributed by atoms with Crippen LogP contribution in [0.15, 0.2) is 35.5 Å². The van der Waals surface area contributed by atoms with Gasteiger partial charge in [0.25, 0.3) is 0 Å². The summed E-state index contributed by atoms with van der Waals surface area (Å²) in [5.74, 6) is 0.204. The summed E-state index contributed by atoms with van der Waals surface area (Å²) < 4.78 is 10.6. The van der Waals surface area contributed by atoms with Crippen LogP contribution >= 0.6 is 0 Å². The molecule has 2 aliphatic heterocycles. The third-order valence-electron chi connectivity index (χ3n) is 5.28. The van der Waals surface area contributed by atoms with Gasteiger partial charge in [0.1, 0.15) is 5.75 Å². The summed E-state index contributed by atoms with van der Waals surface area (Å²) in [5, 5.41) is 5.62. The van der Waals surface area contributed by atoms with Crippen molar-refractivity contribution >= 4 is 17.9 Å². The van der Waals surface area contributed by atoms with Crippen LogP contribution in [0.5, 0.6) is 5.75 Å². The third kappa shape index (κ3) is 4.91. The van der Waals surface area contributed by atoms with Gasteiger partial charge >= 0.3 is 12.0 Å². The van der Waals surface area contributed by atoms with Gasteiger partial charge in [-0.3, -0.25) is 9.69 Å². The summed E-state index contributed by atoms with van der Waals surface area (Å²) in [7, 11) is 1.56. The average Bonchev–Trinajstić information content (AvgIpc) is 2.74. The molecule has 3 rings (SSSR count).